The molecule has 0 aromatic carbocycles. The molecule has 0 aliphatic carbocycles. The number of carboxylic acid groups (broad SMARTS) is 1. The van der Waals surface area contributed by atoms with Crippen molar-refractivity contribution in [1.82, 2.24) is 10.6 Å². The molecule has 0 heterocycles. The summed E-state index contributed by atoms with van der Waals surface area (Å²) in [5.41, 5.74) is 10.2. The topological polar surface area (TPSA) is 165 Å². The summed E-state index contributed by atoms with van der Waals surface area (Å²) >= 11 is 0. The van der Waals surface area contributed by atoms with Crippen LogP contribution in [0.1, 0.15) is 26.7 Å². The summed E-state index contributed by atoms with van der Waals surface area (Å²) in [5, 5.41) is 13.5. The lowest BCUT2D eigenvalue weighted by atomic mass is 10.1. The van der Waals surface area contributed by atoms with Gasteiger partial charge in [0.15, 0.2) is 0 Å². The number of hydrogen-bond acceptors (Lipinski definition) is 5. The van der Waals surface area contributed by atoms with Gasteiger partial charge in [0.1, 0.15) is 12.1 Å². The van der Waals surface area contributed by atoms with Crippen LogP contribution in [-0.2, 0) is 19.2 Å². The lowest BCUT2D eigenvalue weighted by molar-refractivity contribution is -0.142. The fraction of sp³-hybridized carbons (Fsp3) is 0.636. The van der Waals surface area contributed by atoms with E-state index in [1.54, 1.807) is 0 Å². The summed E-state index contributed by atoms with van der Waals surface area (Å²) in [5.74, 6) is -3.17. The molecule has 0 radical (unpaired) electrons. The summed E-state index contributed by atoms with van der Waals surface area (Å²) in [6.07, 6.45) is -0.289. The number of carbonyl (C=O) groups excluding carboxylic acids is 3. The monoisotopic (exact) mass is 288 g/mol. The Balaban J connectivity index is 4.48. The van der Waals surface area contributed by atoms with Gasteiger partial charge in [-0.3, -0.25) is 14.4 Å². The average Bonchev–Trinajstić information content (AvgIpc) is 2.32. The van der Waals surface area contributed by atoms with Gasteiger partial charge in [-0.05, 0) is 20.3 Å². The van der Waals surface area contributed by atoms with Crippen LogP contribution in [0.4, 0.5) is 0 Å². The highest BCUT2D eigenvalue weighted by Gasteiger charge is 2.24. The highest BCUT2D eigenvalue weighted by molar-refractivity contribution is 5.91. The number of carboxylic acids is 1. The number of aliphatic carboxylic acids is 1. The number of primary amides is 1. The highest BCUT2D eigenvalue weighted by atomic mass is 16.4. The third-order valence-electron chi connectivity index (χ3n) is 2.46. The number of hydrogen-bond donors (Lipinski definition) is 5. The Bertz CT molecular complexity index is 396. The van der Waals surface area contributed by atoms with Gasteiger partial charge in [-0.1, -0.05) is 0 Å². The van der Waals surface area contributed by atoms with Crippen molar-refractivity contribution in [3.05, 3.63) is 0 Å². The SMILES string of the molecule is CC(N)C(=O)NC(C)C(=O)N[C@@H](CCC(N)=O)C(=O)O. The van der Waals surface area contributed by atoms with Crippen molar-refractivity contribution in [3.63, 3.8) is 0 Å². The van der Waals surface area contributed by atoms with Crippen LogP contribution in [0.2, 0.25) is 0 Å². The van der Waals surface area contributed by atoms with Crippen LogP contribution in [0, 0.1) is 0 Å². The normalized spacial score (nSPS) is 14.8. The van der Waals surface area contributed by atoms with Gasteiger partial charge in [-0.2, -0.15) is 0 Å². The van der Waals surface area contributed by atoms with Gasteiger partial charge in [0.25, 0.3) is 0 Å². The molecule has 0 spiro atoms. The molecule has 7 N–H and O–H groups in total. The molecule has 3 amide bonds. The van der Waals surface area contributed by atoms with E-state index >= 15 is 0 Å². The molecule has 9 heteroatoms. The molecule has 0 aromatic rings. The molecule has 0 aromatic heterocycles. The molecule has 0 bridgehead atoms. The van der Waals surface area contributed by atoms with Crippen molar-refractivity contribution < 1.29 is 24.3 Å². The second-order valence-corrected chi connectivity index (χ2v) is 4.42. The summed E-state index contributed by atoms with van der Waals surface area (Å²) in [6, 6.07) is -2.97. The van der Waals surface area contributed by atoms with Gasteiger partial charge in [0.05, 0.1) is 6.04 Å². The number of nitrogens with one attached hydrogen (secondary N) is 2. The van der Waals surface area contributed by atoms with E-state index < -0.39 is 41.8 Å². The van der Waals surface area contributed by atoms with Gasteiger partial charge in [-0.15, -0.1) is 0 Å². The number of carbonyl (C=O) groups is 4. The van der Waals surface area contributed by atoms with Crippen LogP contribution in [0.5, 0.6) is 0 Å². The maximum atomic E-state index is 11.7. The maximum Gasteiger partial charge on any atom is 0.326 e. The molecular formula is C11H20N4O5. The average molecular weight is 288 g/mol. The van der Waals surface area contributed by atoms with Crippen LogP contribution in [0.15, 0.2) is 0 Å². The Morgan fingerprint density at radius 1 is 1.10 bits per heavy atom. The fourth-order valence-corrected chi connectivity index (χ4v) is 1.25. The van der Waals surface area contributed by atoms with Crippen molar-refractivity contribution in [2.75, 3.05) is 0 Å². The van der Waals surface area contributed by atoms with Crippen molar-refractivity contribution >= 4 is 23.7 Å². The standard InChI is InChI=1S/C11H20N4O5/c1-5(12)9(17)14-6(2)10(18)15-7(11(19)20)3-4-8(13)16/h5-7H,3-4,12H2,1-2H3,(H2,13,16)(H,14,17)(H,15,18)(H,19,20)/t5?,6?,7-/m0/s1. The first-order chi connectivity index (χ1) is 9.15. The smallest absolute Gasteiger partial charge is 0.326 e. The van der Waals surface area contributed by atoms with Crippen LogP contribution in [0.3, 0.4) is 0 Å². The first-order valence-corrected chi connectivity index (χ1v) is 6.02. The third-order valence-corrected chi connectivity index (χ3v) is 2.46. The summed E-state index contributed by atoms with van der Waals surface area (Å²) in [4.78, 5) is 44.6. The Hall–Kier alpha value is -2.16. The lowest BCUT2D eigenvalue weighted by Crippen LogP contribution is -2.52. The van der Waals surface area contributed by atoms with Crippen molar-refractivity contribution in [2.24, 2.45) is 11.5 Å². The van der Waals surface area contributed by atoms with Crippen LogP contribution >= 0.6 is 0 Å². The first kappa shape index (κ1) is 17.8. The lowest BCUT2D eigenvalue weighted by Gasteiger charge is -2.19. The van der Waals surface area contributed by atoms with E-state index in [1.807, 2.05) is 0 Å². The van der Waals surface area contributed by atoms with E-state index in [0.717, 1.165) is 0 Å². The number of nitrogens with two attached hydrogens (primary N) is 2. The molecule has 20 heavy (non-hydrogen) atoms. The van der Waals surface area contributed by atoms with Crippen molar-refractivity contribution in [1.29, 1.82) is 0 Å². The molecule has 0 saturated heterocycles. The van der Waals surface area contributed by atoms with Crippen LogP contribution < -0.4 is 22.1 Å². The maximum absolute atomic E-state index is 11.7. The third kappa shape index (κ3) is 6.69. The predicted octanol–water partition coefficient (Wildman–Crippen LogP) is -2.33. The largest absolute Gasteiger partial charge is 0.480 e. The molecule has 0 aliphatic rings. The zero-order chi connectivity index (χ0) is 15.9. The van der Waals surface area contributed by atoms with E-state index in [2.05, 4.69) is 10.6 Å². The van der Waals surface area contributed by atoms with Gasteiger partial charge >= 0.3 is 5.97 Å². The molecular weight excluding hydrogens is 268 g/mol. The predicted molar refractivity (Wildman–Crippen MR) is 69.2 cm³/mol. The van der Waals surface area contributed by atoms with Gasteiger partial charge in [0, 0.05) is 6.42 Å². The van der Waals surface area contributed by atoms with Gasteiger partial charge in [-0.25, -0.2) is 4.79 Å². The molecule has 3 atom stereocenters. The Kier molecular flexibility index (Phi) is 7.22. The summed E-state index contributed by atoms with van der Waals surface area (Å²) in [7, 11) is 0. The second-order valence-electron chi connectivity index (χ2n) is 4.42. The van der Waals surface area contributed by atoms with E-state index in [4.69, 9.17) is 16.6 Å². The van der Waals surface area contributed by atoms with Crippen molar-refractivity contribution in [2.45, 2.75) is 44.8 Å². The quantitative estimate of drug-likeness (QED) is 0.336. The Morgan fingerprint density at radius 3 is 2.05 bits per heavy atom. The van der Waals surface area contributed by atoms with Gasteiger partial charge < -0.3 is 27.2 Å². The minimum Gasteiger partial charge on any atom is -0.480 e. The van der Waals surface area contributed by atoms with E-state index in [0.29, 0.717) is 0 Å². The zero-order valence-electron chi connectivity index (χ0n) is 11.4. The highest BCUT2D eigenvalue weighted by Crippen LogP contribution is 1.98. The van der Waals surface area contributed by atoms with Crippen LogP contribution in [-0.4, -0.2) is 46.9 Å². The van der Waals surface area contributed by atoms with Crippen LogP contribution in [0.25, 0.3) is 0 Å². The molecule has 0 fully saturated rings. The van der Waals surface area contributed by atoms with Crippen molar-refractivity contribution in [3.8, 4) is 0 Å². The Morgan fingerprint density at radius 2 is 1.65 bits per heavy atom. The molecule has 0 rings (SSSR count). The first-order valence-electron chi connectivity index (χ1n) is 6.02. The molecule has 9 nitrogen and oxygen atoms in total. The zero-order valence-corrected chi connectivity index (χ0v) is 11.4. The number of rotatable bonds is 8. The summed E-state index contributed by atoms with van der Waals surface area (Å²) in [6.45, 7) is 2.84. The van der Waals surface area contributed by atoms with Gasteiger partial charge in [0.2, 0.25) is 17.7 Å². The molecule has 0 aliphatic heterocycles. The second kappa shape index (κ2) is 8.10. The number of amides is 3. The van der Waals surface area contributed by atoms with E-state index in [-0.39, 0.29) is 12.8 Å². The van der Waals surface area contributed by atoms with E-state index in [1.165, 1.54) is 13.8 Å². The molecule has 114 valence electrons. The molecule has 0 saturated carbocycles. The minimum absolute atomic E-state index is 0.121. The summed E-state index contributed by atoms with van der Waals surface area (Å²) < 4.78 is 0. The van der Waals surface area contributed by atoms with E-state index in [9.17, 15) is 19.2 Å². The molecule has 2 unspecified atom stereocenters. The Labute approximate surface area is 116 Å². The minimum atomic E-state index is -1.29. The fourth-order valence-electron chi connectivity index (χ4n) is 1.25.